The van der Waals surface area contributed by atoms with Crippen LogP contribution in [0.15, 0.2) is 72.8 Å². The molecule has 0 heterocycles. The summed E-state index contributed by atoms with van der Waals surface area (Å²) < 4.78 is 26.0. The van der Waals surface area contributed by atoms with Crippen molar-refractivity contribution in [3.63, 3.8) is 0 Å². The van der Waals surface area contributed by atoms with Crippen LogP contribution in [0.2, 0.25) is 0 Å². The predicted molar refractivity (Wildman–Crippen MR) is 131 cm³/mol. The summed E-state index contributed by atoms with van der Waals surface area (Å²) in [7, 11) is -3.72. The van der Waals surface area contributed by atoms with Crippen LogP contribution in [0.5, 0.6) is 0 Å². The number of rotatable bonds is 8. The molecule has 0 aliphatic rings. The number of anilines is 2. The lowest BCUT2D eigenvalue weighted by atomic mass is 10.1. The molecular formula is C25H27N3O4S. The molecule has 0 atom stereocenters. The Hall–Kier alpha value is -3.65. The van der Waals surface area contributed by atoms with Gasteiger partial charge < -0.3 is 10.6 Å². The second kappa shape index (κ2) is 10.3. The fourth-order valence-electron chi connectivity index (χ4n) is 3.35. The maximum Gasteiger partial charge on any atom is 0.253 e. The number of carbonyl (C=O) groups excluding carboxylic acids is 2. The summed E-state index contributed by atoms with van der Waals surface area (Å²) in [6, 6.07) is 21.5. The Labute approximate surface area is 194 Å². The number of nitrogens with zero attached hydrogens (tertiary/aromatic N) is 1. The number of hydrogen-bond acceptors (Lipinski definition) is 4. The van der Waals surface area contributed by atoms with Gasteiger partial charge in [0.1, 0.15) is 6.54 Å². The molecule has 0 saturated heterocycles. The van der Waals surface area contributed by atoms with Crippen molar-refractivity contribution in [2.24, 2.45) is 0 Å². The van der Waals surface area contributed by atoms with Crippen LogP contribution < -0.4 is 14.9 Å². The van der Waals surface area contributed by atoms with Gasteiger partial charge >= 0.3 is 0 Å². The number of sulfonamides is 1. The minimum atomic E-state index is -3.72. The van der Waals surface area contributed by atoms with Gasteiger partial charge in [0.15, 0.2) is 0 Å². The van der Waals surface area contributed by atoms with E-state index in [0.717, 1.165) is 27.3 Å². The predicted octanol–water partition coefficient (Wildman–Crippen LogP) is 3.64. The molecule has 0 fully saturated rings. The first-order valence-corrected chi connectivity index (χ1v) is 12.3. The van der Waals surface area contributed by atoms with E-state index >= 15 is 0 Å². The van der Waals surface area contributed by atoms with Gasteiger partial charge in [0.05, 0.1) is 23.2 Å². The molecule has 7 nitrogen and oxygen atoms in total. The second-order valence-corrected chi connectivity index (χ2v) is 9.73. The summed E-state index contributed by atoms with van der Waals surface area (Å²) in [5.74, 6) is -0.895. The molecule has 0 aliphatic carbocycles. The Balaban J connectivity index is 1.77. The summed E-state index contributed by atoms with van der Waals surface area (Å²) in [6.07, 6.45) is 1.06. The number of hydrogen-bond donors (Lipinski definition) is 2. The summed E-state index contributed by atoms with van der Waals surface area (Å²) >= 11 is 0. The van der Waals surface area contributed by atoms with Crippen LogP contribution in [-0.2, 0) is 21.4 Å². The number of aryl methyl sites for hydroxylation is 2. The third-order valence-corrected chi connectivity index (χ3v) is 6.19. The van der Waals surface area contributed by atoms with Gasteiger partial charge in [-0.3, -0.25) is 13.9 Å². The number of amides is 2. The molecule has 8 heteroatoms. The quantitative estimate of drug-likeness (QED) is 0.531. The zero-order chi connectivity index (χ0) is 24.0. The van der Waals surface area contributed by atoms with E-state index in [1.165, 1.54) is 0 Å². The molecule has 2 N–H and O–H groups in total. The largest absolute Gasteiger partial charge is 0.348 e. The van der Waals surface area contributed by atoms with Crippen molar-refractivity contribution in [1.29, 1.82) is 0 Å². The van der Waals surface area contributed by atoms with Crippen LogP contribution in [0.3, 0.4) is 0 Å². The van der Waals surface area contributed by atoms with Crippen molar-refractivity contribution >= 4 is 33.2 Å². The van der Waals surface area contributed by atoms with Crippen LogP contribution in [-0.4, -0.2) is 33.0 Å². The topological polar surface area (TPSA) is 95.6 Å². The van der Waals surface area contributed by atoms with Gasteiger partial charge in [0, 0.05) is 6.54 Å². The van der Waals surface area contributed by atoms with E-state index in [0.29, 0.717) is 23.5 Å². The maximum atomic E-state index is 12.8. The molecule has 0 unspecified atom stereocenters. The average molecular weight is 466 g/mol. The third kappa shape index (κ3) is 6.43. The van der Waals surface area contributed by atoms with E-state index in [4.69, 9.17) is 0 Å². The first-order chi connectivity index (χ1) is 15.6. The first-order valence-electron chi connectivity index (χ1n) is 10.4. The van der Waals surface area contributed by atoms with Crippen LogP contribution in [0.4, 0.5) is 11.4 Å². The monoisotopic (exact) mass is 465 g/mol. The van der Waals surface area contributed by atoms with Gasteiger partial charge in [-0.2, -0.15) is 0 Å². The minimum Gasteiger partial charge on any atom is -0.348 e. The average Bonchev–Trinajstić information content (AvgIpc) is 2.78. The van der Waals surface area contributed by atoms with Crippen molar-refractivity contribution in [1.82, 2.24) is 5.32 Å². The normalized spacial score (nSPS) is 11.0. The Kier molecular flexibility index (Phi) is 7.50. The molecule has 2 amide bonds. The van der Waals surface area contributed by atoms with Crippen molar-refractivity contribution in [2.45, 2.75) is 20.4 Å². The van der Waals surface area contributed by atoms with Crippen molar-refractivity contribution in [2.75, 3.05) is 22.4 Å². The van der Waals surface area contributed by atoms with Crippen LogP contribution in [0, 0.1) is 13.8 Å². The molecule has 172 valence electrons. The van der Waals surface area contributed by atoms with E-state index in [-0.39, 0.29) is 5.91 Å². The Morgan fingerprint density at radius 3 is 2.27 bits per heavy atom. The molecule has 0 bridgehead atoms. The lowest BCUT2D eigenvalue weighted by molar-refractivity contribution is -0.114. The van der Waals surface area contributed by atoms with Gasteiger partial charge in [0.25, 0.3) is 5.91 Å². The van der Waals surface area contributed by atoms with E-state index in [2.05, 4.69) is 10.6 Å². The SMILES string of the molecule is Cc1ccc(C)c(N(CC(=O)Nc2ccccc2C(=O)NCc2ccccc2)S(C)(=O)=O)c1. The van der Waals surface area contributed by atoms with Crippen LogP contribution in [0.1, 0.15) is 27.0 Å². The Morgan fingerprint density at radius 2 is 1.58 bits per heavy atom. The zero-order valence-corrected chi connectivity index (χ0v) is 19.6. The van der Waals surface area contributed by atoms with Crippen molar-refractivity contribution in [3.05, 3.63) is 95.1 Å². The highest BCUT2D eigenvalue weighted by molar-refractivity contribution is 7.92. The highest BCUT2D eigenvalue weighted by Gasteiger charge is 2.23. The molecule has 3 aromatic carbocycles. The maximum absolute atomic E-state index is 12.8. The number of benzene rings is 3. The molecule has 0 aromatic heterocycles. The number of nitrogens with one attached hydrogen (secondary N) is 2. The van der Waals surface area contributed by atoms with Crippen molar-refractivity contribution < 1.29 is 18.0 Å². The fourth-order valence-corrected chi connectivity index (χ4v) is 4.26. The molecule has 3 rings (SSSR count). The molecular weight excluding hydrogens is 438 g/mol. The van der Waals surface area contributed by atoms with E-state index < -0.39 is 22.5 Å². The molecule has 0 saturated carbocycles. The Bertz CT molecular complexity index is 1260. The zero-order valence-electron chi connectivity index (χ0n) is 18.8. The fraction of sp³-hybridized carbons (Fsp3) is 0.200. The molecule has 0 radical (unpaired) electrons. The van der Waals surface area contributed by atoms with Gasteiger partial charge in [-0.25, -0.2) is 8.42 Å². The number of carbonyl (C=O) groups is 2. The molecule has 33 heavy (non-hydrogen) atoms. The summed E-state index contributed by atoms with van der Waals surface area (Å²) in [6.45, 7) is 3.57. The van der Waals surface area contributed by atoms with Gasteiger partial charge in [0.2, 0.25) is 15.9 Å². The first kappa shape index (κ1) is 24.0. The summed E-state index contributed by atoms with van der Waals surface area (Å²) in [5, 5.41) is 5.53. The van der Waals surface area contributed by atoms with Gasteiger partial charge in [-0.1, -0.05) is 54.6 Å². The lowest BCUT2D eigenvalue weighted by Crippen LogP contribution is -2.38. The van der Waals surface area contributed by atoms with Crippen molar-refractivity contribution in [3.8, 4) is 0 Å². The highest BCUT2D eigenvalue weighted by atomic mass is 32.2. The van der Waals surface area contributed by atoms with E-state index in [1.54, 1.807) is 37.3 Å². The molecule has 0 spiro atoms. The third-order valence-electron chi connectivity index (χ3n) is 5.06. The Morgan fingerprint density at radius 1 is 0.909 bits per heavy atom. The standard InChI is InChI=1S/C25H27N3O4S/c1-18-13-14-19(2)23(15-18)28(33(3,31)32)17-24(29)27-22-12-8-7-11-21(22)25(30)26-16-20-9-5-4-6-10-20/h4-15H,16-17H2,1-3H3,(H,26,30)(H,27,29). The summed E-state index contributed by atoms with van der Waals surface area (Å²) in [5.41, 5.74) is 3.61. The minimum absolute atomic E-state index is 0.291. The smallest absolute Gasteiger partial charge is 0.253 e. The van der Waals surface area contributed by atoms with E-state index in [9.17, 15) is 18.0 Å². The van der Waals surface area contributed by atoms with Crippen LogP contribution in [0.25, 0.3) is 0 Å². The molecule has 0 aliphatic heterocycles. The lowest BCUT2D eigenvalue weighted by Gasteiger charge is -2.24. The number of para-hydroxylation sites is 1. The van der Waals surface area contributed by atoms with Gasteiger partial charge in [-0.15, -0.1) is 0 Å². The second-order valence-electron chi connectivity index (χ2n) is 7.82. The highest BCUT2D eigenvalue weighted by Crippen LogP contribution is 2.24. The molecule has 3 aromatic rings. The van der Waals surface area contributed by atoms with E-state index in [1.807, 2.05) is 49.4 Å². The van der Waals surface area contributed by atoms with Gasteiger partial charge in [-0.05, 0) is 48.7 Å². The van der Waals surface area contributed by atoms with Crippen LogP contribution >= 0.6 is 0 Å². The summed E-state index contributed by atoms with van der Waals surface area (Å²) in [4.78, 5) is 25.6.